The molecule has 2 aromatic carbocycles. The zero-order valence-corrected chi connectivity index (χ0v) is 15.8. The Bertz CT molecular complexity index is 951. The summed E-state index contributed by atoms with van der Waals surface area (Å²) in [5.74, 6) is 0. The highest BCUT2D eigenvalue weighted by atomic mass is 15.3. The van der Waals surface area contributed by atoms with Gasteiger partial charge in [0.2, 0.25) is 0 Å². The molecule has 1 saturated heterocycles. The lowest BCUT2D eigenvalue weighted by atomic mass is 10.0. The molecule has 5 nitrogen and oxygen atoms in total. The third kappa shape index (κ3) is 3.14. The van der Waals surface area contributed by atoms with E-state index in [2.05, 4.69) is 75.3 Å². The molecule has 142 valence electrons. The van der Waals surface area contributed by atoms with Crippen LogP contribution in [0.4, 0.5) is 11.4 Å². The lowest BCUT2D eigenvalue weighted by Gasteiger charge is -2.30. The van der Waals surface area contributed by atoms with Crippen LogP contribution in [-0.4, -0.2) is 37.2 Å². The highest BCUT2D eigenvalue weighted by molar-refractivity contribution is 5.79. The summed E-state index contributed by atoms with van der Waals surface area (Å²) in [4.78, 5) is 4.68. The van der Waals surface area contributed by atoms with Crippen molar-refractivity contribution in [3.8, 4) is 0 Å². The average molecular weight is 371 g/mol. The SMILES string of the molecule is Nc1cccc(C2=CNC3C=C(c4ccc(N5CCNCC5)cc4)C=CN23)c1. The summed E-state index contributed by atoms with van der Waals surface area (Å²) in [5, 5.41) is 6.87. The van der Waals surface area contributed by atoms with E-state index >= 15 is 0 Å². The predicted octanol–water partition coefficient (Wildman–Crippen LogP) is 2.82. The predicted molar refractivity (Wildman–Crippen MR) is 116 cm³/mol. The number of nitrogen functional groups attached to an aromatic ring is 1. The zero-order chi connectivity index (χ0) is 18.9. The molecule has 28 heavy (non-hydrogen) atoms. The number of benzene rings is 2. The highest BCUT2D eigenvalue weighted by Crippen LogP contribution is 2.32. The number of hydrogen-bond donors (Lipinski definition) is 3. The van der Waals surface area contributed by atoms with Crippen LogP contribution >= 0.6 is 0 Å². The molecule has 1 fully saturated rings. The van der Waals surface area contributed by atoms with Gasteiger partial charge in [0.1, 0.15) is 6.17 Å². The van der Waals surface area contributed by atoms with Gasteiger partial charge in [0.15, 0.2) is 0 Å². The number of hydrogen-bond acceptors (Lipinski definition) is 5. The molecule has 0 aromatic heterocycles. The molecule has 1 unspecified atom stereocenters. The van der Waals surface area contributed by atoms with Crippen molar-refractivity contribution >= 4 is 22.6 Å². The number of fused-ring (bicyclic) bond motifs is 1. The van der Waals surface area contributed by atoms with E-state index in [-0.39, 0.29) is 6.17 Å². The number of anilines is 2. The van der Waals surface area contributed by atoms with Crippen LogP contribution in [0.15, 0.2) is 73.1 Å². The normalized spacial score (nSPS) is 21.1. The van der Waals surface area contributed by atoms with Crippen molar-refractivity contribution in [3.63, 3.8) is 0 Å². The minimum Gasteiger partial charge on any atom is -0.399 e. The summed E-state index contributed by atoms with van der Waals surface area (Å²) >= 11 is 0. The van der Waals surface area contributed by atoms with Crippen LogP contribution in [0.5, 0.6) is 0 Å². The zero-order valence-electron chi connectivity index (χ0n) is 15.8. The first-order chi connectivity index (χ1) is 13.8. The summed E-state index contributed by atoms with van der Waals surface area (Å²) in [5.41, 5.74) is 12.8. The van der Waals surface area contributed by atoms with Gasteiger partial charge in [-0.15, -0.1) is 0 Å². The molecule has 5 rings (SSSR count). The summed E-state index contributed by atoms with van der Waals surface area (Å²) in [6, 6.07) is 16.9. The van der Waals surface area contributed by atoms with E-state index in [0.29, 0.717) is 0 Å². The molecule has 0 amide bonds. The molecule has 4 N–H and O–H groups in total. The van der Waals surface area contributed by atoms with Gasteiger partial charge in [0.25, 0.3) is 0 Å². The number of nitrogens with two attached hydrogens (primary N) is 1. The standard InChI is InChI=1S/C23H25N5/c24-20-3-1-2-19(14-20)22-16-26-23-15-18(8-11-28(22)23)17-4-6-21(7-5-17)27-12-9-25-10-13-27/h1-8,11,14-16,23,25-26H,9-10,12-13,24H2. The van der Waals surface area contributed by atoms with Crippen molar-refractivity contribution in [1.82, 2.24) is 15.5 Å². The molecule has 0 spiro atoms. The first-order valence-electron chi connectivity index (χ1n) is 9.84. The second-order valence-electron chi connectivity index (χ2n) is 7.40. The van der Waals surface area contributed by atoms with E-state index < -0.39 is 0 Å². The molecule has 3 heterocycles. The maximum Gasteiger partial charge on any atom is 0.123 e. The molecule has 3 aliphatic heterocycles. The van der Waals surface area contributed by atoms with Gasteiger partial charge in [0.05, 0.1) is 5.70 Å². The van der Waals surface area contributed by atoms with Crippen molar-refractivity contribution in [1.29, 1.82) is 0 Å². The van der Waals surface area contributed by atoms with Gasteiger partial charge in [0, 0.05) is 55.5 Å². The number of piperazine rings is 1. The Morgan fingerprint density at radius 1 is 0.964 bits per heavy atom. The molecule has 3 aliphatic rings. The van der Waals surface area contributed by atoms with Crippen molar-refractivity contribution in [3.05, 3.63) is 84.2 Å². The van der Waals surface area contributed by atoms with Crippen LogP contribution in [0.1, 0.15) is 11.1 Å². The van der Waals surface area contributed by atoms with Gasteiger partial charge in [-0.3, -0.25) is 0 Å². The van der Waals surface area contributed by atoms with Crippen LogP contribution in [0.25, 0.3) is 11.3 Å². The van der Waals surface area contributed by atoms with Crippen molar-refractivity contribution in [2.45, 2.75) is 6.17 Å². The first kappa shape index (κ1) is 17.0. The van der Waals surface area contributed by atoms with E-state index in [9.17, 15) is 0 Å². The Balaban J connectivity index is 1.33. The fourth-order valence-corrected chi connectivity index (χ4v) is 4.07. The topological polar surface area (TPSA) is 56.6 Å². The largest absolute Gasteiger partial charge is 0.399 e. The minimum absolute atomic E-state index is 0.129. The third-order valence-corrected chi connectivity index (χ3v) is 5.59. The second kappa shape index (κ2) is 7.09. The van der Waals surface area contributed by atoms with Crippen molar-refractivity contribution in [2.24, 2.45) is 0 Å². The number of allylic oxidation sites excluding steroid dienone is 2. The van der Waals surface area contributed by atoms with E-state index in [1.54, 1.807) is 0 Å². The molecule has 0 bridgehead atoms. The van der Waals surface area contributed by atoms with Crippen LogP contribution in [0, 0.1) is 0 Å². The quantitative estimate of drug-likeness (QED) is 0.725. The molecular formula is C23H25N5. The van der Waals surface area contributed by atoms with Gasteiger partial charge in [-0.25, -0.2) is 0 Å². The lowest BCUT2D eigenvalue weighted by Crippen LogP contribution is -2.43. The Labute approximate surface area is 165 Å². The maximum absolute atomic E-state index is 5.96. The number of nitrogens with zero attached hydrogens (tertiary/aromatic N) is 2. The van der Waals surface area contributed by atoms with Crippen LogP contribution < -0.4 is 21.3 Å². The smallest absolute Gasteiger partial charge is 0.123 e. The van der Waals surface area contributed by atoms with Gasteiger partial charge in [-0.2, -0.15) is 0 Å². The molecular weight excluding hydrogens is 346 g/mol. The Hall–Kier alpha value is -3.18. The molecule has 0 saturated carbocycles. The Morgan fingerprint density at radius 2 is 1.79 bits per heavy atom. The average Bonchev–Trinajstić information content (AvgIpc) is 3.18. The van der Waals surface area contributed by atoms with E-state index in [1.165, 1.54) is 16.8 Å². The highest BCUT2D eigenvalue weighted by Gasteiger charge is 2.26. The summed E-state index contributed by atoms with van der Waals surface area (Å²) in [6.45, 7) is 4.26. The van der Waals surface area contributed by atoms with Gasteiger partial charge >= 0.3 is 0 Å². The lowest BCUT2D eigenvalue weighted by molar-refractivity contribution is 0.443. The molecule has 5 heteroatoms. The third-order valence-electron chi connectivity index (χ3n) is 5.59. The summed E-state index contributed by atoms with van der Waals surface area (Å²) < 4.78 is 0. The van der Waals surface area contributed by atoms with E-state index in [1.807, 2.05) is 18.2 Å². The van der Waals surface area contributed by atoms with Crippen molar-refractivity contribution in [2.75, 3.05) is 36.8 Å². The molecule has 0 radical (unpaired) electrons. The maximum atomic E-state index is 5.96. The van der Waals surface area contributed by atoms with Gasteiger partial charge < -0.3 is 26.2 Å². The van der Waals surface area contributed by atoms with Gasteiger partial charge in [-0.05, 0) is 47.6 Å². The van der Waals surface area contributed by atoms with Gasteiger partial charge in [-0.1, -0.05) is 24.3 Å². The first-order valence-corrected chi connectivity index (χ1v) is 9.84. The van der Waals surface area contributed by atoms with E-state index in [0.717, 1.165) is 43.1 Å². The molecule has 1 atom stereocenters. The fraction of sp³-hybridized carbons (Fsp3) is 0.217. The Kier molecular flexibility index (Phi) is 4.29. The number of rotatable bonds is 3. The van der Waals surface area contributed by atoms with Crippen molar-refractivity contribution < 1.29 is 0 Å². The number of nitrogens with one attached hydrogen (secondary N) is 2. The second-order valence-corrected chi connectivity index (χ2v) is 7.40. The van der Waals surface area contributed by atoms with Crippen LogP contribution in [0.2, 0.25) is 0 Å². The summed E-state index contributed by atoms with van der Waals surface area (Å²) in [7, 11) is 0. The minimum atomic E-state index is 0.129. The van der Waals surface area contributed by atoms with E-state index in [4.69, 9.17) is 5.73 Å². The monoisotopic (exact) mass is 371 g/mol. The van der Waals surface area contributed by atoms with Crippen LogP contribution in [-0.2, 0) is 0 Å². The fourth-order valence-electron chi connectivity index (χ4n) is 4.07. The summed E-state index contributed by atoms with van der Waals surface area (Å²) in [6.07, 6.45) is 8.80. The van der Waals surface area contributed by atoms with Crippen LogP contribution in [0.3, 0.4) is 0 Å². The molecule has 0 aliphatic carbocycles. The molecule has 2 aromatic rings. The Morgan fingerprint density at radius 3 is 2.57 bits per heavy atom.